The Hall–Kier alpha value is -2.56. The average Bonchev–Trinajstić information content (AvgIpc) is 2.80. The number of piperazine rings is 2. The number of ketones is 1. The quantitative estimate of drug-likeness (QED) is 0.630. The zero-order chi connectivity index (χ0) is 22.0. The summed E-state index contributed by atoms with van der Waals surface area (Å²) in [4.78, 5) is 18.3. The van der Waals surface area contributed by atoms with Crippen molar-refractivity contribution in [3.63, 3.8) is 0 Å². The minimum absolute atomic E-state index is 0.152. The largest absolute Gasteiger partial charge is 0.353 e. The normalized spacial score (nSPS) is 18.9. The Labute approximate surface area is 183 Å². The van der Waals surface area contributed by atoms with E-state index >= 15 is 0 Å². The molecular weight excluding hydrogens is 416 g/mol. The molecule has 0 radical (unpaired) electrons. The molecule has 0 bridgehead atoms. The summed E-state index contributed by atoms with van der Waals surface area (Å²) in [5.74, 6) is 1.48. The molecule has 1 aromatic heterocycles. The number of benzene rings is 1. The first-order valence-corrected chi connectivity index (χ1v) is 11.9. The van der Waals surface area contributed by atoms with Crippen LogP contribution in [0.15, 0.2) is 41.3 Å². The predicted molar refractivity (Wildman–Crippen MR) is 119 cm³/mol. The summed E-state index contributed by atoms with van der Waals surface area (Å²) >= 11 is 0. The fourth-order valence-electron chi connectivity index (χ4n) is 3.87. The van der Waals surface area contributed by atoms with Gasteiger partial charge in [-0.1, -0.05) is 12.1 Å². The topological polar surface area (TPSA) is 90.0 Å². The van der Waals surface area contributed by atoms with Crippen molar-refractivity contribution in [1.29, 1.82) is 0 Å². The monoisotopic (exact) mass is 444 g/mol. The van der Waals surface area contributed by atoms with Crippen LogP contribution in [0, 0.1) is 0 Å². The average molecular weight is 445 g/mol. The van der Waals surface area contributed by atoms with Crippen molar-refractivity contribution in [2.45, 2.75) is 11.8 Å². The van der Waals surface area contributed by atoms with E-state index in [1.807, 2.05) is 12.1 Å². The lowest BCUT2D eigenvalue weighted by atomic mass is 10.2. The molecule has 0 unspecified atom stereocenters. The zero-order valence-corrected chi connectivity index (χ0v) is 18.8. The maximum Gasteiger partial charge on any atom is 0.243 e. The fraction of sp³-hybridized carbons (Fsp3) is 0.476. The number of hydrogen-bond donors (Lipinski definition) is 0. The number of rotatable bonds is 5. The number of Topliss-reactive ketones (excluding diaryl/α,β-unsaturated/α-hetero) is 1. The van der Waals surface area contributed by atoms with E-state index in [9.17, 15) is 13.2 Å². The molecule has 1 aromatic carbocycles. The molecule has 3 heterocycles. The summed E-state index contributed by atoms with van der Waals surface area (Å²) in [7, 11) is -1.52. The Morgan fingerprint density at radius 3 is 1.90 bits per heavy atom. The van der Waals surface area contributed by atoms with Crippen LogP contribution >= 0.6 is 0 Å². The first-order valence-electron chi connectivity index (χ1n) is 10.5. The summed E-state index contributed by atoms with van der Waals surface area (Å²) in [5.41, 5.74) is 0.399. The third kappa shape index (κ3) is 4.70. The van der Waals surface area contributed by atoms with Gasteiger partial charge in [-0.2, -0.15) is 4.31 Å². The minimum atomic E-state index is -3.64. The number of carbonyl (C=O) groups excluding carboxylic acids is 1. The van der Waals surface area contributed by atoms with Crippen LogP contribution < -0.4 is 9.80 Å². The Kier molecular flexibility index (Phi) is 6.22. The third-order valence-corrected chi connectivity index (χ3v) is 7.80. The van der Waals surface area contributed by atoms with Crippen LogP contribution in [-0.2, 0) is 10.0 Å². The molecule has 0 spiro atoms. The van der Waals surface area contributed by atoms with E-state index in [1.54, 1.807) is 12.1 Å². The molecule has 166 valence electrons. The van der Waals surface area contributed by atoms with E-state index in [-0.39, 0.29) is 10.7 Å². The van der Waals surface area contributed by atoms with Gasteiger partial charge >= 0.3 is 0 Å². The lowest BCUT2D eigenvalue weighted by Crippen LogP contribution is -2.49. The van der Waals surface area contributed by atoms with Crippen LogP contribution in [-0.4, -0.2) is 93.0 Å². The van der Waals surface area contributed by atoms with Gasteiger partial charge in [-0.25, -0.2) is 8.42 Å². The van der Waals surface area contributed by atoms with Crippen molar-refractivity contribution < 1.29 is 13.2 Å². The van der Waals surface area contributed by atoms with E-state index in [2.05, 4.69) is 31.9 Å². The highest BCUT2D eigenvalue weighted by Gasteiger charge is 2.29. The standard InChI is InChI=1S/C21H28N6O3S/c1-17(28)18-4-3-5-19(16-18)31(29,30)27-14-12-26(13-15-27)21-7-6-20(22-23-21)25-10-8-24(2)9-11-25/h3-7,16H,8-15H2,1-2H3. The van der Waals surface area contributed by atoms with Gasteiger partial charge in [-0.3, -0.25) is 4.79 Å². The summed E-state index contributed by atoms with van der Waals surface area (Å²) in [6.07, 6.45) is 0. The molecule has 0 N–H and O–H groups in total. The van der Waals surface area contributed by atoms with E-state index in [0.29, 0.717) is 31.7 Å². The maximum absolute atomic E-state index is 13.0. The Morgan fingerprint density at radius 1 is 0.839 bits per heavy atom. The molecule has 2 aromatic rings. The number of likely N-dealkylation sites (N-methyl/N-ethyl adjacent to an activating group) is 1. The molecule has 31 heavy (non-hydrogen) atoms. The van der Waals surface area contributed by atoms with Gasteiger partial charge in [-0.15, -0.1) is 10.2 Å². The smallest absolute Gasteiger partial charge is 0.243 e. The molecular formula is C21H28N6O3S. The lowest BCUT2D eigenvalue weighted by Gasteiger charge is -2.35. The summed E-state index contributed by atoms with van der Waals surface area (Å²) in [6.45, 7) is 7.11. The van der Waals surface area contributed by atoms with Crippen molar-refractivity contribution in [3.8, 4) is 0 Å². The van der Waals surface area contributed by atoms with E-state index < -0.39 is 10.0 Å². The molecule has 2 aliphatic heterocycles. The van der Waals surface area contributed by atoms with Crippen LogP contribution in [0.1, 0.15) is 17.3 Å². The summed E-state index contributed by atoms with van der Waals surface area (Å²) in [6, 6.07) is 10.2. The van der Waals surface area contributed by atoms with Crippen molar-refractivity contribution in [2.75, 3.05) is 69.2 Å². The summed E-state index contributed by atoms with van der Waals surface area (Å²) in [5, 5.41) is 8.78. The van der Waals surface area contributed by atoms with Gasteiger partial charge in [-0.05, 0) is 38.2 Å². The van der Waals surface area contributed by atoms with Crippen molar-refractivity contribution in [1.82, 2.24) is 19.4 Å². The third-order valence-electron chi connectivity index (χ3n) is 5.90. The van der Waals surface area contributed by atoms with Gasteiger partial charge in [0, 0.05) is 57.9 Å². The number of aromatic nitrogens is 2. The predicted octanol–water partition coefficient (Wildman–Crippen LogP) is 0.942. The van der Waals surface area contributed by atoms with E-state index in [0.717, 1.165) is 37.8 Å². The van der Waals surface area contributed by atoms with Gasteiger partial charge in [0.15, 0.2) is 17.4 Å². The molecule has 0 aliphatic carbocycles. The molecule has 0 amide bonds. The van der Waals surface area contributed by atoms with Crippen molar-refractivity contribution in [2.24, 2.45) is 0 Å². The van der Waals surface area contributed by atoms with Crippen LogP contribution in [0.3, 0.4) is 0 Å². The van der Waals surface area contributed by atoms with Gasteiger partial charge in [0.05, 0.1) is 4.90 Å². The van der Waals surface area contributed by atoms with E-state index in [1.165, 1.54) is 23.4 Å². The molecule has 4 rings (SSSR count). The highest BCUT2D eigenvalue weighted by molar-refractivity contribution is 7.89. The fourth-order valence-corrected chi connectivity index (χ4v) is 5.34. The van der Waals surface area contributed by atoms with E-state index in [4.69, 9.17) is 0 Å². The van der Waals surface area contributed by atoms with Crippen molar-refractivity contribution in [3.05, 3.63) is 42.0 Å². The Bertz CT molecular complexity index is 1030. The number of nitrogens with zero attached hydrogens (tertiary/aromatic N) is 6. The summed E-state index contributed by atoms with van der Waals surface area (Å²) < 4.78 is 27.5. The molecule has 10 heteroatoms. The Morgan fingerprint density at radius 2 is 1.39 bits per heavy atom. The second-order valence-corrected chi connectivity index (χ2v) is 9.95. The van der Waals surface area contributed by atoms with Crippen LogP contribution in [0.4, 0.5) is 11.6 Å². The number of hydrogen-bond acceptors (Lipinski definition) is 8. The van der Waals surface area contributed by atoms with Gasteiger partial charge < -0.3 is 14.7 Å². The highest BCUT2D eigenvalue weighted by Crippen LogP contribution is 2.22. The molecule has 2 aliphatic rings. The first kappa shape index (κ1) is 21.7. The Balaban J connectivity index is 1.39. The molecule has 0 atom stereocenters. The second-order valence-electron chi connectivity index (χ2n) is 8.02. The highest BCUT2D eigenvalue weighted by atomic mass is 32.2. The molecule has 2 saturated heterocycles. The molecule has 9 nitrogen and oxygen atoms in total. The lowest BCUT2D eigenvalue weighted by molar-refractivity contribution is 0.101. The minimum Gasteiger partial charge on any atom is -0.353 e. The van der Waals surface area contributed by atoms with Gasteiger partial charge in [0.1, 0.15) is 0 Å². The number of carbonyl (C=O) groups is 1. The maximum atomic E-state index is 13.0. The first-order chi connectivity index (χ1) is 14.8. The van der Waals surface area contributed by atoms with Crippen LogP contribution in [0.25, 0.3) is 0 Å². The number of sulfonamides is 1. The number of anilines is 2. The molecule has 2 fully saturated rings. The van der Waals surface area contributed by atoms with Crippen LogP contribution in [0.2, 0.25) is 0 Å². The zero-order valence-electron chi connectivity index (χ0n) is 17.9. The van der Waals surface area contributed by atoms with Gasteiger partial charge in [0.2, 0.25) is 10.0 Å². The van der Waals surface area contributed by atoms with Gasteiger partial charge in [0.25, 0.3) is 0 Å². The van der Waals surface area contributed by atoms with Crippen molar-refractivity contribution >= 4 is 27.4 Å². The SMILES string of the molecule is CC(=O)c1cccc(S(=O)(=O)N2CCN(c3ccc(N4CCN(C)CC4)nn3)CC2)c1. The van der Waals surface area contributed by atoms with Crippen LogP contribution in [0.5, 0.6) is 0 Å². The second kappa shape index (κ2) is 8.89. The molecule has 0 saturated carbocycles.